The van der Waals surface area contributed by atoms with Crippen molar-refractivity contribution in [2.75, 3.05) is 0 Å². The quantitative estimate of drug-likeness (QED) is 0.480. The maximum absolute atomic E-state index is 12.0. The summed E-state index contributed by atoms with van der Waals surface area (Å²) >= 11 is 0. The van der Waals surface area contributed by atoms with Crippen molar-refractivity contribution in [3.63, 3.8) is 0 Å². The molecule has 1 aromatic heterocycles. The van der Waals surface area contributed by atoms with E-state index in [-0.39, 0.29) is 5.97 Å². The van der Waals surface area contributed by atoms with Crippen molar-refractivity contribution in [2.24, 2.45) is 0 Å². The molecule has 24 heavy (non-hydrogen) atoms. The van der Waals surface area contributed by atoms with Gasteiger partial charge in [0.1, 0.15) is 23.0 Å². The largest absolute Gasteiger partial charge is 0.484 e. The van der Waals surface area contributed by atoms with Crippen LogP contribution in [-0.2, 0) is 16.0 Å². The van der Waals surface area contributed by atoms with E-state index in [1.807, 2.05) is 33.8 Å². The molecule has 0 spiro atoms. The normalized spacial score (nSPS) is 18.4. The minimum Gasteiger partial charge on any atom is -0.484 e. The molecule has 1 aromatic carbocycles. The van der Waals surface area contributed by atoms with Gasteiger partial charge in [0.2, 0.25) is 0 Å². The Morgan fingerprint density at radius 1 is 1.29 bits per heavy atom. The lowest BCUT2D eigenvalue weighted by Gasteiger charge is -2.39. The Hall–Kier alpha value is -2.56. The van der Waals surface area contributed by atoms with Crippen LogP contribution in [0, 0.1) is 0 Å². The van der Waals surface area contributed by atoms with Gasteiger partial charge in [0.15, 0.2) is 0 Å². The smallest absolute Gasteiger partial charge is 0.336 e. The maximum atomic E-state index is 12.0. The highest BCUT2D eigenvalue weighted by atomic mass is 16.6. The summed E-state index contributed by atoms with van der Waals surface area (Å²) in [5, 5.41) is 0.811. The fourth-order valence-corrected chi connectivity index (χ4v) is 2.79. The van der Waals surface area contributed by atoms with Gasteiger partial charge in [-0.3, -0.25) is 0 Å². The number of carbonyl (C=O) groups is 1. The molecule has 0 fully saturated rings. The molecule has 1 atom stereocenters. The van der Waals surface area contributed by atoms with Crippen LogP contribution in [0.1, 0.15) is 33.3 Å². The number of hydrogen-bond acceptors (Lipinski definition) is 5. The van der Waals surface area contributed by atoms with Gasteiger partial charge in [0.25, 0.3) is 0 Å². The number of fused-ring (bicyclic) bond motifs is 2. The van der Waals surface area contributed by atoms with Crippen LogP contribution in [0.25, 0.3) is 11.0 Å². The van der Waals surface area contributed by atoms with Gasteiger partial charge in [-0.25, -0.2) is 9.59 Å². The molecule has 2 aromatic rings. The third-order valence-electron chi connectivity index (χ3n) is 4.02. The number of benzene rings is 1. The van der Waals surface area contributed by atoms with E-state index in [2.05, 4.69) is 0 Å². The van der Waals surface area contributed by atoms with Crippen molar-refractivity contribution in [3.05, 3.63) is 51.9 Å². The average Bonchev–Trinajstić information content (AvgIpc) is 2.45. The van der Waals surface area contributed by atoms with E-state index < -0.39 is 17.3 Å². The highest BCUT2D eigenvalue weighted by molar-refractivity contribution is 5.83. The lowest BCUT2D eigenvalue weighted by atomic mass is 9.90. The molecule has 0 saturated carbocycles. The molecule has 1 aliphatic rings. The maximum Gasteiger partial charge on any atom is 0.336 e. The van der Waals surface area contributed by atoms with E-state index in [4.69, 9.17) is 13.9 Å². The van der Waals surface area contributed by atoms with Crippen LogP contribution in [0.2, 0.25) is 0 Å². The Bertz CT molecular complexity index is 884. The lowest BCUT2D eigenvalue weighted by molar-refractivity contribution is -0.155. The highest BCUT2D eigenvalue weighted by Crippen LogP contribution is 2.37. The molecule has 5 heteroatoms. The summed E-state index contributed by atoms with van der Waals surface area (Å²) in [5.41, 5.74) is 1.21. The Balaban J connectivity index is 1.96. The van der Waals surface area contributed by atoms with Crippen molar-refractivity contribution < 1.29 is 18.7 Å². The van der Waals surface area contributed by atoms with Crippen LogP contribution in [-0.4, -0.2) is 17.7 Å². The summed E-state index contributed by atoms with van der Waals surface area (Å²) in [5.74, 6) is 0.281. The van der Waals surface area contributed by atoms with Gasteiger partial charge in [-0.2, -0.15) is 0 Å². The third kappa shape index (κ3) is 3.20. The number of esters is 1. The Morgan fingerprint density at radius 3 is 2.75 bits per heavy atom. The molecule has 1 unspecified atom stereocenters. The molecular weight excluding hydrogens is 308 g/mol. The SMILES string of the molecule is CC(C)=CC(=O)OC1Cc2cc3ccc(=O)oc3cc2OC1(C)C. The van der Waals surface area contributed by atoms with E-state index >= 15 is 0 Å². The van der Waals surface area contributed by atoms with E-state index in [1.165, 1.54) is 12.1 Å². The van der Waals surface area contributed by atoms with Crippen molar-refractivity contribution in [2.45, 2.75) is 45.8 Å². The second-order valence-corrected chi connectivity index (χ2v) is 6.81. The molecular formula is C19H20O5. The Kier molecular flexibility index (Phi) is 3.95. The van der Waals surface area contributed by atoms with Gasteiger partial charge >= 0.3 is 11.6 Å². The summed E-state index contributed by atoms with van der Waals surface area (Å²) < 4.78 is 16.8. The zero-order valence-electron chi connectivity index (χ0n) is 14.2. The van der Waals surface area contributed by atoms with Crippen LogP contribution in [0.4, 0.5) is 0 Å². The van der Waals surface area contributed by atoms with Crippen molar-refractivity contribution >= 4 is 16.9 Å². The Labute approximate surface area is 139 Å². The first kappa shape index (κ1) is 16.3. The standard InChI is InChI=1S/C19H20O5/c1-11(2)7-18(21)23-16-9-13-8-12-5-6-17(20)22-14(12)10-15(13)24-19(16,3)4/h5-8,10,16H,9H2,1-4H3. The first-order chi connectivity index (χ1) is 11.2. The van der Waals surface area contributed by atoms with E-state index in [0.717, 1.165) is 16.5 Å². The number of ether oxygens (including phenoxy) is 2. The summed E-state index contributed by atoms with van der Waals surface area (Å²) in [4.78, 5) is 23.3. The fourth-order valence-electron chi connectivity index (χ4n) is 2.79. The van der Waals surface area contributed by atoms with Gasteiger partial charge in [-0.05, 0) is 45.4 Å². The lowest BCUT2D eigenvalue weighted by Crippen LogP contribution is -2.48. The number of carbonyl (C=O) groups excluding carboxylic acids is 1. The monoisotopic (exact) mass is 328 g/mol. The molecule has 0 aliphatic carbocycles. The number of hydrogen-bond donors (Lipinski definition) is 0. The fraction of sp³-hybridized carbons (Fsp3) is 0.368. The predicted molar refractivity (Wildman–Crippen MR) is 90.2 cm³/mol. The van der Waals surface area contributed by atoms with Gasteiger partial charge in [0.05, 0.1) is 0 Å². The van der Waals surface area contributed by atoms with E-state index in [0.29, 0.717) is 17.8 Å². The van der Waals surface area contributed by atoms with Crippen LogP contribution < -0.4 is 10.4 Å². The molecule has 0 N–H and O–H groups in total. The summed E-state index contributed by atoms with van der Waals surface area (Å²) in [6.07, 6.45) is 1.61. The molecule has 1 aliphatic heterocycles. The molecule has 3 rings (SSSR count). The molecule has 0 radical (unpaired) electrons. The summed E-state index contributed by atoms with van der Waals surface area (Å²) in [6.45, 7) is 7.45. The number of allylic oxidation sites excluding steroid dienone is 1. The topological polar surface area (TPSA) is 65.7 Å². The zero-order chi connectivity index (χ0) is 17.5. The summed E-state index contributed by atoms with van der Waals surface area (Å²) in [6, 6.07) is 6.73. The zero-order valence-corrected chi connectivity index (χ0v) is 14.2. The molecule has 0 bridgehead atoms. The van der Waals surface area contributed by atoms with E-state index in [9.17, 15) is 9.59 Å². The third-order valence-corrected chi connectivity index (χ3v) is 4.02. The number of rotatable bonds is 2. The molecule has 0 amide bonds. The van der Waals surface area contributed by atoms with Gasteiger partial charge < -0.3 is 13.9 Å². The van der Waals surface area contributed by atoms with Crippen LogP contribution in [0.15, 0.2) is 45.1 Å². The van der Waals surface area contributed by atoms with Crippen LogP contribution in [0.5, 0.6) is 5.75 Å². The minimum atomic E-state index is -0.680. The highest BCUT2D eigenvalue weighted by Gasteiger charge is 2.39. The second kappa shape index (κ2) is 5.82. The average molecular weight is 328 g/mol. The molecule has 0 saturated heterocycles. The van der Waals surface area contributed by atoms with Crippen LogP contribution in [0.3, 0.4) is 0 Å². The van der Waals surface area contributed by atoms with Crippen LogP contribution >= 0.6 is 0 Å². The van der Waals surface area contributed by atoms with Crippen molar-refractivity contribution in [1.29, 1.82) is 0 Å². The molecule has 5 nitrogen and oxygen atoms in total. The van der Waals surface area contributed by atoms with Crippen molar-refractivity contribution in [1.82, 2.24) is 0 Å². The second-order valence-electron chi connectivity index (χ2n) is 6.81. The van der Waals surface area contributed by atoms with E-state index in [1.54, 1.807) is 12.1 Å². The molecule has 2 heterocycles. The molecule has 126 valence electrons. The predicted octanol–water partition coefficient (Wildman–Crippen LogP) is 3.38. The van der Waals surface area contributed by atoms with Gasteiger partial charge in [0, 0.05) is 30.0 Å². The first-order valence-corrected chi connectivity index (χ1v) is 7.86. The first-order valence-electron chi connectivity index (χ1n) is 7.86. The van der Waals surface area contributed by atoms with Crippen molar-refractivity contribution in [3.8, 4) is 5.75 Å². The Morgan fingerprint density at radius 2 is 2.04 bits per heavy atom. The summed E-state index contributed by atoms with van der Waals surface area (Å²) in [7, 11) is 0. The van der Waals surface area contributed by atoms with Gasteiger partial charge in [-0.1, -0.05) is 5.57 Å². The minimum absolute atomic E-state index is 0.369. The van der Waals surface area contributed by atoms with Gasteiger partial charge in [-0.15, -0.1) is 0 Å².